The Balaban J connectivity index is 0.00000109. The quantitative estimate of drug-likeness (QED) is 0.669. The minimum absolute atomic E-state index is 0.0450. The van der Waals surface area contributed by atoms with Gasteiger partial charge in [-0.3, -0.25) is 4.79 Å². The summed E-state index contributed by atoms with van der Waals surface area (Å²) in [5.74, 6) is -0.0157. The number of fused-ring (bicyclic) bond motifs is 2. The van der Waals surface area contributed by atoms with Crippen LogP contribution in [-0.4, -0.2) is 39.8 Å². The third kappa shape index (κ3) is 4.03. The summed E-state index contributed by atoms with van der Waals surface area (Å²) in [4.78, 5) is 16.8. The molecule has 0 saturated heterocycles. The summed E-state index contributed by atoms with van der Waals surface area (Å²) in [6.45, 7) is 3.37. The van der Waals surface area contributed by atoms with Crippen LogP contribution >= 0.6 is 0 Å². The number of hydrogen-bond donors (Lipinski definition) is 2. The molecule has 0 radical (unpaired) electrons. The fraction of sp³-hybridized carbons (Fsp3) is 0.316. The number of nitrogens with zero attached hydrogens (tertiary/aromatic N) is 3. The number of carbonyl (C=O) groups is 1. The van der Waals surface area contributed by atoms with Crippen molar-refractivity contribution in [2.24, 2.45) is 0 Å². The molecule has 2 aromatic heterocycles. The number of amides is 1. The molecule has 28 heavy (non-hydrogen) atoms. The zero-order chi connectivity index (χ0) is 20.1. The largest absolute Gasteiger partial charge is 0.485 e. The fourth-order valence-corrected chi connectivity index (χ4v) is 2.72. The van der Waals surface area contributed by atoms with Crippen LogP contribution in [0.25, 0.3) is 5.65 Å². The van der Waals surface area contributed by atoms with Crippen LogP contribution in [0.2, 0.25) is 0 Å². The molecule has 1 amide bonds. The third-order valence-corrected chi connectivity index (χ3v) is 4.05. The van der Waals surface area contributed by atoms with E-state index in [0.717, 1.165) is 0 Å². The lowest BCUT2D eigenvalue weighted by Crippen LogP contribution is -2.36. The van der Waals surface area contributed by atoms with E-state index in [4.69, 9.17) is 4.74 Å². The number of rotatable bonds is 1. The predicted octanol–water partition coefficient (Wildman–Crippen LogP) is 2.97. The molecule has 0 fully saturated rings. The first-order chi connectivity index (χ1) is 13.6. The predicted molar refractivity (Wildman–Crippen MR) is 101 cm³/mol. The lowest BCUT2D eigenvalue weighted by Gasteiger charge is -2.19. The average molecular weight is 389 g/mol. The van der Waals surface area contributed by atoms with Crippen LogP contribution in [0.1, 0.15) is 29.8 Å². The Kier molecular flexibility index (Phi) is 6.03. The highest BCUT2D eigenvalue weighted by Gasteiger charge is 2.19. The summed E-state index contributed by atoms with van der Waals surface area (Å²) >= 11 is 0. The summed E-state index contributed by atoms with van der Waals surface area (Å²) in [7, 11) is 0. The zero-order valence-corrected chi connectivity index (χ0v) is 15.6. The number of anilines is 1. The molecule has 1 aromatic carbocycles. The topological polar surface area (TPSA) is 80.5 Å². The molecule has 9 heteroatoms. The molecule has 148 valence electrons. The first-order valence-electron chi connectivity index (χ1n) is 9.01. The number of ether oxygens (including phenoxy) is 1. The van der Waals surface area contributed by atoms with Gasteiger partial charge >= 0.3 is 0 Å². The van der Waals surface area contributed by atoms with Crippen LogP contribution in [0.3, 0.4) is 0 Å². The van der Waals surface area contributed by atoms with E-state index in [-0.39, 0.29) is 18.7 Å². The molecule has 1 aliphatic rings. The van der Waals surface area contributed by atoms with Crippen LogP contribution in [-0.2, 0) is 6.54 Å². The Morgan fingerprint density at radius 1 is 1.29 bits per heavy atom. The Bertz CT molecular complexity index is 976. The van der Waals surface area contributed by atoms with E-state index in [9.17, 15) is 13.6 Å². The standard InChI is InChI=1S/C17H15F2N5O2.C2H6/c18-6-12-8-21-17(25)13-9-22-24-4-3-15(23-16(13)24)20-7-10-5-11(19)1-2-14(10)26-12;1-2/h1-5,9,12H,6-8H2,(H,20,23)(H,21,25);1-2H3. The number of hydrogen-bond acceptors (Lipinski definition) is 5. The zero-order valence-electron chi connectivity index (χ0n) is 15.6. The lowest BCUT2D eigenvalue weighted by molar-refractivity contribution is 0.0916. The molecular weight excluding hydrogens is 368 g/mol. The number of nitrogens with one attached hydrogen (secondary N) is 2. The minimum atomic E-state index is -0.897. The molecule has 2 N–H and O–H groups in total. The van der Waals surface area contributed by atoms with Gasteiger partial charge in [-0.15, -0.1) is 0 Å². The van der Waals surface area contributed by atoms with Crippen LogP contribution in [0.15, 0.2) is 36.7 Å². The Morgan fingerprint density at radius 3 is 2.89 bits per heavy atom. The maximum absolute atomic E-state index is 13.6. The Hall–Kier alpha value is -3.23. The molecule has 4 rings (SSSR count). The molecule has 7 nitrogen and oxygen atoms in total. The maximum atomic E-state index is 13.6. The van der Waals surface area contributed by atoms with Crippen LogP contribution in [0, 0.1) is 5.82 Å². The number of benzene rings is 1. The van der Waals surface area contributed by atoms with Gasteiger partial charge in [-0.25, -0.2) is 18.3 Å². The Morgan fingerprint density at radius 2 is 2.11 bits per heavy atom. The van der Waals surface area contributed by atoms with E-state index < -0.39 is 24.5 Å². The summed E-state index contributed by atoms with van der Waals surface area (Å²) in [6, 6.07) is 5.69. The van der Waals surface area contributed by atoms with E-state index in [1.807, 2.05) is 13.8 Å². The van der Waals surface area contributed by atoms with Crippen molar-refractivity contribution in [1.82, 2.24) is 19.9 Å². The summed E-state index contributed by atoms with van der Waals surface area (Å²) in [5.41, 5.74) is 1.16. The van der Waals surface area contributed by atoms with Crippen molar-refractivity contribution in [3.63, 3.8) is 0 Å². The van der Waals surface area contributed by atoms with E-state index in [0.29, 0.717) is 22.8 Å². The van der Waals surface area contributed by atoms with Gasteiger partial charge in [-0.2, -0.15) is 5.10 Å². The molecule has 0 aliphatic carbocycles. The molecule has 1 unspecified atom stereocenters. The van der Waals surface area contributed by atoms with Crippen molar-refractivity contribution in [2.75, 3.05) is 18.5 Å². The van der Waals surface area contributed by atoms with Crippen molar-refractivity contribution in [3.8, 4) is 5.75 Å². The molecule has 0 saturated carbocycles. The monoisotopic (exact) mass is 389 g/mol. The highest BCUT2D eigenvalue weighted by molar-refractivity contribution is 5.99. The van der Waals surface area contributed by atoms with Gasteiger partial charge in [0.1, 0.15) is 35.7 Å². The van der Waals surface area contributed by atoms with Gasteiger partial charge in [0.25, 0.3) is 5.91 Å². The summed E-state index contributed by atoms with van der Waals surface area (Å²) in [5, 5.41) is 9.77. The Labute approximate surface area is 160 Å². The highest BCUT2D eigenvalue weighted by Crippen LogP contribution is 2.23. The van der Waals surface area contributed by atoms with E-state index in [1.165, 1.54) is 28.9 Å². The molecule has 1 aliphatic heterocycles. The van der Waals surface area contributed by atoms with Crippen molar-refractivity contribution in [3.05, 3.63) is 53.6 Å². The van der Waals surface area contributed by atoms with Gasteiger partial charge in [0.15, 0.2) is 5.65 Å². The molecule has 1 atom stereocenters. The van der Waals surface area contributed by atoms with Crippen LogP contribution in [0.4, 0.5) is 14.6 Å². The van der Waals surface area contributed by atoms with Gasteiger partial charge in [0.2, 0.25) is 0 Å². The molecule has 0 spiro atoms. The summed E-state index contributed by atoms with van der Waals surface area (Å²) in [6.07, 6.45) is 2.16. The van der Waals surface area contributed by atoms with E-state index >= 15 is 0 Å². The lowest BCUT2D eigenvalue weighted by atomic mass is 10.2. The van der Waals surface area contributed by atoms with E-state index in [1.54, 1.807) is 12.3 Å². The van der Waals surface area contributed by atoms with Gasteiger partial charge in [0.05, 0.1) is 12.7 Å². The maximum Gasteiger partial charge on any atom is 0.256 e. The van der Waals surface area contributed by atoms with Crippen molar-refractivity contribution < 1.29 is 18.3 Å². The van der Waals surface area contributed by atoms with Crippen LogP contribution < -0.4 is 15.4 Å². The minimum Gasteiger partial charge on any atom is -0.485 e. The first kappa shape index (κ1) is 19.5. The highest BCUT2D eigenvalue weighted by atomic mass is 19.1. The molecule has 3 heterocycles. The second kappa shape index (κ2) is 8.64. The SMILES string of the molecule is CC.O=C1NCC(CF)Oc2ccc(F)cc2CNc2ccn3ncc1c3n2. The first-order valence-corrected chi connectivity index (χ1v) is 9.01. The van der Waals surface area contributed by atoms with Crippen molar-refractivity contribution in [1.29, 1.82) is 0 Å². The summed E-state index contributed by atoms with van der Waals surface area (Å²) < 4.78 is 34.1. The van der Waals surface area contributed by atoms with Crippen molar-refractivity contribution >= 4 is 17.4 Å². The van der Waals surface area contributed by atoms with Crippen LogP contribution in [0.5, 0.6) is 5.75 Å². The smallest absolute Gasteiger partial charge is 0.256 e. The number of aromatic nitrogens is 3. The average Bonchev–Trinajstić information content (AvgIpc) is 3.15. The number of halogens is 2. The fourth-order valence-electron chi connectivity index (χ4n) is 2.72. The molecule has 2 bridgehead atoms. The third-order valence-electron chi connectivity index (χ3n) is 4.05. The van der Waals surface area contributed by atoms with Gasteiger partial charge < -0.3 is 15.4 Å². The molecule has 3 aromatic rings. The van der Waals surface area contributed by atoms with Gasteiger partial charge in [-0.1, -0.05) is 13.8 Å². The molecular formula is C19H21F2N5O2. The van der Waals surface area contributed by atoms with Crippen molar-refractivity contribution in [2.45, 2.75) is 26.5 Å². The second-order valence-electron chi connectivity index (χ2n) is 5.85. The number of carbonyl (C=O) groups excluding carboxylic acids is 1. The van der Waals surface area contributed by atoms with Gasteiger partial charge in [0, 0.05) is 18.3 Å². The normalized spacial score (nSPS) is 16.3. The van der Waals surface area contributed by atoms with Gasteiger partial charge in [-0.05, 0) is 24.3 Å². The number of alkyl halides is 1. The van der Waals surface area contributed by atoms with E-state index in [2.05, 4.69) is 20.7 Å². The second-order valence-corrected chi connectivity index (χ2v) is 5.85.